The molecule has 0 aromatic heterocycles. The van der Waals surface area contributed by atoms with E-state index in [1.165, 1.54) is 0 Å². The van der Waals surface area contributed by atoms with Crippen molar-refractivity contribution < 1.29 is 19.8 Å². The van der Waals surface area contributed by atoms with E-state index in [0.29, 0.717) is 12.8 Å². The minimum Gasteiger partial charge on any atom is -0.481 e. The lowest BCUT2D eigenvalue weighted by Gasteiger charge is -2.24. The van der Waals surface area contributed by atoms with E-state index in [2.05, 4.69) is 6.92 Å². The first-order valence-corrected chi connectivity index (χ1v) is 9.72. The number of rotatable bonds is 12. The SMILES string of the molecule is CCCCCC(O)/C=C\C/C=C/C[C@H]([C@@H](C)C(=O)O)[C@H]1CCCC1=O. The summed E-state index contributed by atoms with van der Waals surface area (Å²) >= 11 is 0. The quantitative estimate of drug-likeness (QED) is 0.401. The van der Waals surface area contributed by atoms with E-state index in [9.17, 15) is 19.8 Å². The average molecular weight is 350 g/mol. The summed E-state index contributed by atoms with van der Waals surface area (Å²) in [7, 11) is 0. The summed E-state index contributed by atoms with van der Waals surface area (Å²) in [6.45, 7) is 3.85. The van der Waals surface area contributed by atoms with Crippen molar-refractivity contribution in [1.82, 2.24) is 0 Å². The number of carbonyl (C=O) groups excluding carboxylic acids is 1. The molecule has 25 heavy (non-hydrogen) atoms. The molecule has 4 atom stereocenters. The fourth-order valence-corrected chi connectivity index (χ4v) is 3.56. The Morgan fingerprint density at radius 3 is 2.64 bits per heavy atom. The molecule has 1 aliphatic rings. The maximum absolute atomic E-state index is 12.0. The van der Waals surface area contributed by atoms with E-state index in [4.69, 9.17) is 0 Å². The highest BCUT2D eigenvalue weighted by Gasteiger charge is 2.36. The molecule has 1 saturated carbocycles. The van der Waals surface area contributed by atoms with E-state index in [1.807, 2.05) is 24.3 Å². The summed E-state index contributed by atoms with van der Waals surface area (Å²) in [5.41, 5.74) is 0. The number of aliphatic hydroxyl groups is 1. The van der Waals surface area contributed by atoms with Crippen LogP contribution in [0.3, 0.4) is 0 Å². The van der Waals surface area contributed by atoms with Gasteiger partial charge >= 0.3 is 5.97 Å². The molecular formula is C21H34O4. The predicted molar refractivity (Wildman–Crippen MR) is 100 cm³/mol. The molecule has 2 N–H and O–H groups in total. The Bertz CT molecular complexity index is 467. The van der Waals surface area contributed by atoms with Gasteiger partial charge in [0.1, 0.15) is 5.78 Å². The van der Waals surface area contributed by atoms with Gasteiger partial charge in [-0.1, -0.05) is 57.4 Å². The van der Waals surface area contributed by atoms with Gasteiger partial charge in [0, 0.05) is 12.3 Å². The third-order valence-electron chi connectivity index (χ3n) is 5.21. The minimum atomic E-state index is -0.826. The fraction of sp³-hybridized carbons (Fsp3) is 0.714. The fourth-order valence-electron chi connectivity index (χ4n) is 3.56. The first-order chi connectivity index (χ1) is 12.0. The molecule has 0 saturated heterocycles. The minimum absolute atomic E-state index is 0.105. The van der Waals surface area contributed by atoms with Crippen LogP contribution in [0.1, 0.15) is 71.6 Å². The number of unbranched alkanes of at least 4 members (excludes halogenated alkanes) is 2. The maximum atomic E-state index is 12.0. The third-order valence-corrected chi connectivity index (χ3v) is 5.21. The van der Waals surface area contributed by atoms with Crippen molar-refractivity contribution in [2.75, 3.05) is 0 Å². The van der Waals surface area contributed by atoms with Crippen LogP contribution in [0, 0.1) is 17.8 Å². The second-order valence-corrected chi connectivity index (χ2v) is 7.19. The van der Waals surface area contributed by atoms with Crippen molar-refractivity contribution >= 4 is 11.8 Å². The summed E-state index contributed by atoms with van der Waals surface area (Å²) in [4.78, 5) is 23.4. The van der Waals surface area contributed by atoms with E-state index >= 15 is 0 Å². The largest absolute Gasteiger partial charge is 0.481 e. The number of ketones is 1. The molecule has 0 aromatic carbocycles. The number of carboxylic acids is 1. The van der Waals surface area contributed by atoms with Crippen LogP contribution >= 0.6 is 0 Å². The van der Waals surface area contributed by atoms with Gasteiger partial charge in [0.05, 0.1) is 12.0 Å². The van der Waals surface area contributed by atoms with Gasteiger partial charge in [-0.3, -0.25) is 9.59 Å². The molecule has 0 heterocycles. The highest BCUT2D eigenvalue weighted by Crippen LogP contribution is 2.35. The van der Waals surface area contributed by atoms with E-state index in [1.54, 1.807) is 6.92 Å². The van der Waals surface area contributed by atoms with Crippen molar-refractivity contribution in [3.63, 3.8) is 0 Å². The lowest BCUT2D eigenvalue weighted by atomic mass is 9.78. The molecule has 1 fully saturated rings. The summed E-state index contributed by atoms with van der Waals surface area (Å²) in [6, 6.07) is 0. The predicted octanol–water partition coefficient (Wildman–Crippen LogP) is 4.53. The molecule has 0 amide bonds. The van der Waals surface area contributed by atoms with Crippen LogP contribution in [0.2, 0.25) is 0 Å². The lowest BCUT2D eigenvalue weighted by molar-refractivity contribution is -0.144. The molecule has 1 aliphatic carbocycles. The molecule has 1 rings (SSSR count). The van der Waals surface area contributed by atoms with Crippen LogP contribution in [0.4, 0.5) is 0 Å². The first kappa shape index (κ1) is 21.6. The van der Waals surface area contributed by atoms with Crippen LogP contribution in [0.25, 0.3) is 0 Å². The number of carboxylic acid groups (broad SMARTS) is 1. The zero-order valence-electron chi connectivity index (χ0n) is 15.7. The zero-order valence-corrected chi connectivity index (χ0v) is 15.7. The normalized spacial score (nSPS) is 21.9. The summed E-state index contributed by atoms with van der Waals surface area (Å²) in [6.07, 6.45) is 15.2. The Morgan fingerprint density at radius 2 is 2.04 bits per heavy atom. The Morgan fingerprint density at radius 1 is 1.28 bits per heavy atom. The molecular weight excluding hydrogens is 316 g/mol. The smallest absolute Gasteiger partial charge is 0.306 e. The number of aliphatic hydroxyl groups excluding tert-OH is 1. The molecule has 1 unspecified atom stereocenters. The summed E-state index contributed by atoms with van der Waals surface area (Å²) in [5.74, 6) is -1.33. The molecule has 0 bridgehead atoms. The standard InChI is InChI=1S/C21H34O4/c1-3-4-7-11-17(22)12-8-5-6-9-13-18(16(2)21(24)25)19-14-10-15-20(19)23/h6,8-9,12,16-19,22H,3-5,7,10-11,13-15H2,1-2H3,(H,24,25)/b9-6+,12-8-/t16-,17?,18-,19-/m1/s1. The number of allylic oxidation sites excluding steroid dienone is 3. The summed E-state index contributed by atoms with van der Waals surface area (Å²) < 4.78 is 0. The Balaban J connectivity index is 2.44. The molecule has 4 nitrogen and oxygen atoms in total. The molecule has 142 valence electrons. The lowest BCUT2D eigenvalue weighted by Crippen LogP contribution is -2.29. The Kier molecular flexibility index (Phi) is 10.4. The van der Waals surface area contributed by atoms with Crippen LogP contribution < -0.4 is 0 Å². The van der Waals surface area contributed by atoms with Gasteiger partial charge in [-0.2, -0.15) is 0 Å². The van der Waals surface area contributed by atoms with Gasteiger partial charge in [0.25, 0.3) is 0 Å². The van der Waals surface area contributed by atoms with Gasteiger partial charge < -0.3 is 10.2 Å². The van der Waals surface area contributed by atoms with Crippen molar-refractivity contribution in [2.24, 2.45) is 17.8 Å². The molecule has 0 aliphatic heterocycles. The topological polar surface area (TPSA) is 74.6 Å². The maximum Gasteiger partial charge on any atom is 0.306 e. The van der Waals surface area contributed by atoms with Crippen LogP contribution in [0.5, 0.6) is 0 Å². The van der Waals surface area contributed by atoms with Gasteiger partial charge in [0.15, 0.2) is 0 Å². The van der Waals surface area contributed by atoms with Crippen LogP contribution in [-0.2, 0) is 9.59 Å². The highest BCUT2D eigenvalue weighted by atomic mass is 16.4. The Hall–Kier alpha value is -1.42. The monoisotopic (exact) mass is 350 g/mol. The van der Waals surface area contributed by atoms with E-state index in [-0.39, 0.29) is 23.7 Å². The average Bonchev–Trinajstić information content (AvgIpc) is 2.99. The van der Waals surface area contributed by atoms with Crippen molar-refractivity contribution in [1.29, 1.82) is 0 Å². The van der Waals surface area contributed by atoms with Crippen molar-refractivity contribution in [3.05, 3.63) is 24.3 Å². The van der Waals surface area contributed by atoms with Gasteiger partial charge in [-0.05, 0) is 38.0 Å². The number of hydrogen-bond donors (Lipinski definition) is 2. The number of aliphatic carboxylic acids is 1. The number of hydrogen-bond acceptors (Lipinski definition) is 3. The third kappa shape index (κ3) is 8.00. The van der Waals surface area contributed by atoms with Crippen LogP contribution in [-0.4, -0.2) is 28.1 Å². The zero-order chi connectivity index (χ0) is 18.7. The number of Topliss-reactive ketones (excluding diaryl/α,β-unsaturated/α-hetero) is 1. The van der Waals surface area contributed by atoms with Gasteiger partial charge in [-0.25, -0.2) is 0 Å². The Labute approximate surface area is 152 Å². The highest BCUT2D eigenvalue weighted by molar-refractivity contribution is 5.84. The van der Waals surface area contributed by atoms with E-state index < -0.39 is 11.9 Å². The molecule has 0 radical (unpaired) electrons. The summed E-state index contributed by atoms with van der Waals surface area (Å²) in [5, 5.41) is 19.1. The van der Waals surface area contributed by atoms with Crippen molar-refractivity contribution in [2.45, 2.75) is 77.7 Å². The van der Waals surface area contributed by atoms with Gasteiger partial charge in [-0.15, -0.1) is 0 Å². The second kappa shape index (κ2) is 12.0. The van der Waals surface area contributed by atoms with Gasteiger partial charge in [0.2, 0.25) is 0 Å². The first-order valence-electron chi connectivity index (χ1n) is 9.72. The molecule has 0 aromatic rings. The van der Waals surface area contributed by atoms with Crippen molar-refractivity contribution in [3.8, 4) is 0 Å². The van der Waals surface area contributed by atoms with E-state index in [0.717, 1.165) is 44.9 Å². The number of carbonyl (C=O) groups is 2. The molecule has 0 spiro atoms. The molecule has 4 heteroatoms. The second-order valence-electron chi connectivity index (χ2n) is 7.19. The van der Waals surface area contributed by atoms with Crippen LogP contribution in [0.15, 0.2) is 24.3 Å².